The minimum atomic E-state index is -0.882. The number of aldehydes is 1. The third-order valence-corrected chi connectivity index (χ3v) is 11.9. The van der Waals surface area contributed by atoms with Crippen LogP contribution in [0.25, 0.3) is 0 Å². The maximum absolute atomic E-state index is 13.9. The number of nitrogens with one attached hydrogen (secondary N) is 1. The first-order valence-corrected chi connectivity index (χ1v) is 17.3. The number of thiophene rings is 1. The molecule has 12 heteroatoms. The van der Waals surface area contributed by atoms with Crippen LogP contribution in [0.1, 0.15) is 55.4 Å². The Bertz CT molecular complexity index is 1360. The Hall–Kier alpha value is -2.37. The first-order chi connectivity index (χ1) is 21.3. The van der Waals surface area contributed by atoms with E-state index in [4.69, 9.17) is 27.9 Å². The van der Waals surface area contributed by atoms with Gasteiger partial charge in [-0.1, -0.05) is 29.3 Å². The number of carbonyl (C=O) groups is 3. The van der Waals surface area contributed by atoms with E-state index in [1.807, 2.05) is 16.3 Å². The molecule has 4 aliphatic heterocycles. The van der Waals surface area contributed by atoms with Crippen LogP contribution in [-0.2, 0) is 22.7 Å². The topological polar surface area (TPSA) is 85.4 Å². The molecule has 44 heavy (non-hydrogen) atoms. The van der Waals surface area contributed by atoms with Crippen molar-refractivity contribution in [1.29, 1.82) is 0 Å². The molecule has 0 spiro atoms. The lowest BCUT2D eigenvalue weighted by Crippen LogP contribution is -2.69. The second-order valence-electron chi connectivity index (χ2n) is 12.7. The van der Waals surface area contributed by atoms with Crippen LogP contribution >= 0.6 is 34.5 Å². The molecular weight excluding hydrogens is 621 g/mol. The molecule has 5 heterocycles. The lowest BCUT2D eigenvalue weighted by molar-refractivity contribution is -0.129. The second kappa shape index (κ2) is 13.5. The first kappa shape index (κ1) is 31.6. The number of urea groups is 1. The van der Waals surface area contributed by atoms with Crippen LogP contribution in [0.2, 0.25) is 10.0 Å². The standard InChI is InChI=1S/C32H41Cl2N5O4S/c1-36-11-4-23(5-12-36)24-6-13-37(14-7-24)32(10-16-40)19-25(38-20-29-28(9-17-44-29)35-30(38)41)8-15-39(32)31(42)43-21-22-2-3-26(33)27(34)18-22/h2-3,9,16-18,23-25H,4-8,10-15,19-21H2,1H3,(H,35,41)/t25-,32+/m1/s1. The zero-order valence-corrected chi connectivity index (χ0v) is 27.5. The molecule has 9 nitrogen and oxygen atoms in total. The van der Waals surface area contributed by atoms with Gasteiger partial charge in [-0.15, -0.1) is 11.3 Å². The molecule has 1 aromatic heterocycles. The number of carbonyl (C=O) groups excluding carboxylic acids is 3. The van der Waals surface area contributed by atoms with Gasteiger partial charge in [0, 0.05) is 43.4 Å². The predicted octanol–water partition coefficient (Wildman–Crippen LogP) is 6.54. The molecule has 238 valence electrons. The van der Waals surface area contributed by atoms with Crippen LogP contribution < -0.4 is 5.32 Å². The van der Waals surface area contributed by atoms with Gasteiger partial charge in [-0.3, -0.25) is 9.80 Å². The van der Waals surface area contributed by atoms with Crippen LogP contribution in [0, 0.1) is 11.8 Å². The third-order valence-electron chi connectivity index (χ3n) is 10.3. The van der Waals surface area contributed by atoms with E-state index in [1.54, 1.807) is 34.4 Å². The fraction of sp³-hybridized carbons (Fsp3) is 0.594. The molecule has 0 unspecified atom stereocenters. The van der Waals surface area contributed by atoms with E-state index in [0.717, 1.165) is 67.4 Å². The van der Waals surface area contributed by atoms with Gasteiger partial charge < -0.3 is 24.6 Å². The van der Waals surface area contributed by atoms with Crippen LogP contribution in [0.3, 0.4) is 0 Å². The Labute approximate surface area is 273 Å². The number of nitrogens with zero attached hydrogens (tertiary/aromatic N) is 4. The van der Waals surface area contributed by atoms with Gasteiger partial charge in [0.05, 0.1) is 22.3 Å². The lowest BCUT2D eigenvalue weighted by atomic mass is 9.77. The molecule has 0 radical (unpaired) electrons. The van der Waals surface area contributed by atoms with Crippen molar-refractivity contribution in [1.82, 2.24) is 19.6 Å². The minimum Gasteiger partial charge on any atom is -0.444 e. The molecule has 4 aliphatic rings. The van der Waals surface area contributed by atoms with Gasteiger partial charge in [-0.05, 0) is 93.2 Å². The molecule has 0 bridgehead atoms. The van der Waals surface area contributed by atoms with Gasteiger partial charge >= 0.3 is 12.1 Å². The molecular formula is C32H41Cl2N5O4S. The molecule has 3 amide bonds. The average molecular weight is 663 g/mol. The fourth-order valence-electron chi connectivity index (χ4n) is 7.78. The minimum absolute atomic E-state index is 0.0424. The maximum Gasteiger partial charge on any atom is 0.411 e. The van der Waals surface area contributed by atoms with Crippen molar-refractivity contribution in [3.8, 4) is 0 Å². The molecule has 0 aliphatic carbocycles. The van der Waals surface area contributed by atoms with Crippen molar-refractivity contribution in [3.05, 3.63) is 50.1 Å². The Morgan fingerprint density at radius 1 is 1.05 bits per heavy atom. The zero-order chi connectivity index (χ0) is 30.8. The number of fused-ring (bicyclic) bond motifs is 1. The summed E-state index contributed by atoms with van der Waals surface area (Å²) in [6, 6.07) is 6.85. The van der Waals surface area contributed by atoms with Crippen molar-refractivity contribution < 1.29 is 19.1 Å². The summed E-state index contributed by atoms with van der Waals surface area (Å²) in [5.74, 6) is 1.37. The number of benzene rings is 1. The van der Waals surface area contributed by atoms with Crippen molar-refractivity contribution >= 4 is 58.6 Å². The van der Waals surface area contributed by atoms with Gasteiger partial charge in [0.25, 0.3) is 0 Å². The number of anilines is 1. The number of amides is 3. The lowest BCUT2D eigenvalue weighted by Gasteiger charge is -2.57. The highest BCUT2D eigenvalue weighted by atomic mass is 35.5. The zero-order valence-electron chi connectivity index (χ0n) is 25.2. The van der Waals surface area contributed by atoms with E-state index >= 15 is 0 Å². The Morgan fingerprint density at radius 3 is 2.48 bits per heavy atom. The maximum atomic E-state index is 13.9. The summed E-state index contributed by atoms with van der Waals surface area (Å²) in [6.07, 6.45) is 6.24. The summed E-state index contributed by atoms with van der Waals surface area (Å²) in [5, 5.41) is 5.87. The summed E-state index contributed by atoms with van der Waals surface area (Å²) >= 11 is 13.9. The van der Waals surface area contributed by atoms with E-state index in [0.29, 0.717) is 41.9 Å². The number of hydrogen-bond acceptors (Lipinski definition) is 7. The van der Waals surface area contributed by atoms with E-state index < -0.39 is 11.8 Å². The van der Waals surface area contributed by atoms with Crippen molar-refractivity contribution in [2.75, 3.05) is 45.1 Å². The Kier molecular flexibility index (Phi) is 9.73. The quantitative estimate of drug-likeness (QED) is 0.339. The summed E-state index contributed by atoms with van der Waals surface area (Å²) in [4.78, 5) is 49.1. The van der Waals surface area contributed by atoms with Crippen LogP contribution in [0.4, 0.5) is 15.3 Å². The summed E-state index contributed by atoms with van der Waals surface area (Å²) in [5.41, 5.74) is 0.724. The number of ether oxygens (including phenoxy) is 1. The van der Waals surface area contributed by atoms with Crippen LogP contribution in [0.5, 0.6) is 0 Å². The average Bonchev–Trinajstić information content (AvgIpc) is 3.49. The first-order valence-electron chi connectivity index (χ1n) is 15.7. The molecule has 6 rings (SSSR count). The van der Waals surface area contributed by atoms with E-state index in [9.17, 15) is 14.4 Å². The summed E-state index contributed by atoms with van der Waals surface area (Å²) < 4.78 is 5.87. The smallest absolute Gasteiger partial charge is 0.411 e. The molecule has 1 aromatic carbocycles. The van der Waals surface area contributed by atoms with Crippen LogP contribution in [-0.4, -0.2) is 89.5 Å². The highest BCUT2D eigenvalue weighted by molar-refractivity contribution is 7.10. The second-order valence-corrected chi connectivity index (χ2v) is 14.6. The Morgan fingerprint density at radius 2 is 1.77 bits per heavy atom. The van der Waals surface area contributed by atoms with Gasteiger partial charge in [0.15, 0.2) is 0 Å². The van der Waals surface area contributed by atoms with Crippen LogP contribution in [0.15, 0.2) is 29.6 Å². The third kappa shape index (κ3) is 6.47. The van der Waals surface area contributed by atoms with E-state index in [1.165, 1.54) is 12.8 Å². The van der Waals surface area contributed by atoms with E-state index in [2.05, 4.69) is 22.2 Å². The number of rotatable bonds is 7. The molecule has 3 fully saturated rings. The molecule has 2 atom stereocenters. The van der Waals surface area contributed by atoms with Crippen molar-refractivity contribution in [2.45, 2.75) is 69.8 Å². The highest BCUT2D eigenvalue weighted by Crippen LogP contribution is 2.42. The molecule has 0 saturated carbocycles. The summed E-state index contributed by atoms with van der Waals surface area (Å²) in [7, 11) is 2.19. The van der Waals surface area contributed by atoms with Crippen molar-refractivity contribution in [3.63, 3.8) is 0 Å². The van der Waals surface area contributed by atoms with E-state index in [-0.39, 0.29) is 25.1 Å². The normalized spacial score (nSPS) is 25.9. The molecule has 3 saturated heterocycles. The predicted molar refractivity (Wildman–Crippen MR) is 173 cm³/mol. The molecule has 2 aromatic rings. The number of piperidine rings is 3. The van der Waals surface area contributed by atoms with Gasteiger partial charge in [0.2, 0.25) is 0 Å². The SMILES string of the molecule is CN1CCC(C2CCN([C@]3(CC=O)C[C@H](N4Cc5sccc5NC4=O)CCN3C(=O)OCc3ccc(Cl)c(Cl)c3)CC2)CC1. The van der Waals surface area contributed by atoms with Gasteiger partial charge in [0.1, 0.15) is 18.6 Å². The monoisotopic (exact) mass is 661 g/mol. The van der Waals surface area contributed by atoms with Crippen molar-refractivity contribution in [2.24, 2.45) is 11.8 Å². The molecule has 1 N–H and O–H groups in total. The van der Waals surface area contributed by atoms with Gasteiger partial charge in [-0.25, -0.2) is 9.59 Å². The summed E-state index contributed by atoms with van der Waals surface area (Å²) in [6.45, 7) is 4.84. The largest absolute Gasteiger partial charge is 0.444 e. The highest BCUT2D eigenvalue weighted by Gasteiger charge is 2.52. The van der Waals surface area contributed by atoms with Gasteiger partial charge in [-0.2, -0.15) is 0 Å². The number of hydrogen-bond donors (Lipinski definition) is 1. The number of halogens is 2. The number of likely N-dealkylation sites (tertiary alicyclic amines) is 3. The fourth-order valence-corrected chi connectivity index (χ4v) is 8.93. The Balaban J connectivity index is 1.23.